The summed E-state index contributed by atoms with van der Waals surface area (Å²) in [4.78, 5) is 25.8. The second-order valence-electron chi connectivity index (χ2n) is 7.54. The summed E-state index contributed by atoms with van der Waals surface area (Å²) < 4.78 is 38.7. The lowest BCUT2D eigenvalue weighted by atomic mass is 9.77. The fourth-order valence-corrected chi connectivity index (χ4v) is 4.22. The number of fused-ring (bicyclic) bond motifs is 1. The number of amides is 1. The summed E-state index contributed by atoms with van der Waals surface area (Å²) in [6.07, 6.45) is 1.63. The quantitative estimate of drug-likeness (QED) is 0.811. The molecule has 29 heavy (non-hydrogen) atoms. The molecule has 2 N–H and O–H groups in total. The van der Waals surface area contributed by atoms with E-state index in [9.17, 15) is 23.1 Å². The number of nitrogens with one attached hydrogen (secondary N) is 1. The maximum absolute atomic E-state index is 12.9. The molecular formula is C19H20F3N5O2. The average Bonchev–Trinajstić information content (AvgIpc) is 3.10. The second kappa shape index (κ2) is 7.58. The van der Waals surface area contributed by atoms with Crippen molar-refractivity contribution >= 4 is 11.7 Å². The number of hydrogen-bond acceptors (Lipinski definition) is 6. The van der Waals surface area contributed by atoms with Crippen molar-refractivity contribution in [1.82, 2.24) is 19.9 Å². The van der Waals surface area contributed by atoms with Gasteiger partial charge in [0.15, 0.2) is 0 Å². The third-order valence-electron chi connectivity index (χ3n) is 5.62. The summed E-state index contributed by atoms with van der Waals surface area (Å²) in [6.45, 7) is 0.862. The molecule has 0 spiro atoms. The number of aromatic nitrogens is 3. The standard InChI is InChI=1S/C19H20F3N5O2/c20-19(21,22)16-7-11(1-2-24-16)18(29)27-9-12-5-14(15(28)6-13(12)10-27)26-17-8-23-3-4-25-17/h1-4,7-8,12-15,28H,5-6,9-10H2,(H,25,26)/t12-,13+,14-,15-/m1/s1. The number of anilines is 1. The van der Waals surface area contributed by atoms with Gasteiger partial charge in [0.1, 0.15) is 11.5 Å². The van der Waals surface area contributed by atoms with Crippen LogP contribution in [-0.4, -0.2) is 56.1 Å². The van der Waals surface area contributed by atoms with Gasteiger partial charge in [0.25, 0.3) is 5.91 Å². The Morgan fingerprint density at radius 1 is 1.14 bits per heavy atom. The molecule has 2 aromatic rings. The van der Waals surface area contributed by atoms with Crippen molar-refractivity contribution in [3.05, 3.63) is 48.2 Å². The van der Waals surface area contributed by atoms with Crippen LogP contribution in [-0.2, 0) is 6.18 Å². The van der Waals surface area contributed by atoms with Crippen molar-refractivity contribution in [1.29, 1.82) is 0 Å². The molecule has 0 unspecified atom stereocenters. The first-order valence-corrected chi connectivity index (χ1v) is 9.34. The van der Waals surface area contributed by atoms with Gasteiger partial charge in [-0.3, -0.25) is 14.8 Å². The van der Waals surface area contributed by atoms with E-state index in [1.165, 1.54) is 6.07 Å². The van der Waals surface area contributed by atoms with Crippen molar-refractivity contribution in [2.45, 2.75) is 31.2 Å². The lowest BCUT2D eigenvalue weighted by Gasteiger charge is -2.35. The Morgan fingerprint density at radius 3 is 2.59 bits per heavy atom. The number of alkyl halides is 3. The molecule has 3 heterocycles. The van der Waals surface area contributed by atoms with Crippen molar-refractivity contribution < 1.29 is 23.1 Å². The smallest absolute Gasteiger partial charge is 0.391 e. The number of carbonyl (C=O) groups excluding carboxylic acids is 1. The molecule has 7 nitrogen and oxygen atoms in total. The Labute approximate surface area is 165 Å². The molecule has 154 valence electrons. The summed E-state index contributed by atoms with van der Waals surface area (Å²) in [7, 11) is 0. The second-order valence-corrected chi connectivity index (χ2v) is 7.54. The summed E-state index contributed by atoms with van der Waals surface area (Å²) in [6, 6.07) is 1.87. The highest BCUT2D eigenvalue weighted by molar-refractivity contribution is 5.94. The Bertz CT molecular complexity index is 880. The minimum Gasteiger partial charge on any atom is -0.391 e. The Morgan fingerprint density at radius 2 is 1.90 bits per heavy atom. The van der Waals surface area contributed by atoms with Gasteiger partial charge < -0.3 is 15.3 Å². The van der Waals surface area contributed by atoms with Crippen LogP contribution < -0.4 is 5.32 Å². The molecule has 0 bridgehead atoms. The molecule has 1 aliphatic carbocycles. The molecule has 2 fully saturated rings. The third kappa shape index (κ3) is 4.16. The first-order valence-electron chi connectivity index (χ1n) is 9.34. The van der Waals surface area contributed by atoms with E-state index < -0.39 is 23.9 Å². The van der Waals surface area contributed by atoms with E-state index in [0.29, 0.717) is 31.7 Å². The topological polar surface area (TPSA) is 91.2 Å². The maximum Gasteiger partial charge on any atom is 0.433 e. The molecule has 10 heteroatoms. The molecule has 0 aromatic carbocycles. The normalized spacial score (nSPS) is 26.8. The Kier molecular flexibility index (Phi) is 5.12. The number of nitrogens with zero attached hydrogens (tertiary/aromatic N) is 4. The van der Waals surface area contributed by atoms with E-state index in [4.69, 9.17) is 0 Å². The number of aliphatic hydroxyl groups is 1. The fourth-order valence-electron chi connectivity index (χ4n) is 4.22. The van der Waals surface area contributed by atoms with Crippen molar-refractivity contribution in [2.24, 2.45) is 11.8 Å². The molecule has 1 amide bonds. The van der Waals surface area contributed by atoms with Crippen LogP contribution in [0.15, 0.2) is 36.9 Å². The van der Waals surface area contributed by atoms with Crippen LogP contribution in [0.5, 0.6) is 0 Å². The van der Waals surface area contributed by atoms with E-state index >= 15 is 0 Å². The monoisotopic (exact) mass is 407 g/mol. The highest BCUT2D eigenvalue weighted by atomic mass is 19.4. The number of carbonyl (C=O) groups is 1. The molecule has 2 aromatic heterocycles. The van der Waals surface area contributed by atoms with Crippen LogP contribution in [0.25, 0.3) is 0 Å². The van der Waals surface area contributed by atoms with Gasteiger partial charge in [0.2, 0.25) is 0 Å². The summed E-state index contributed by atoms with van der Waals surface area (Å²) in [5, 5.41) is 13.7. The molecule has 4 rings (SSSR count). The molecule has 1 aliphatic heterocycles. The van der Waals surface area contributed by atoms with Crippen LogP contribution in [0, 0.1) is 11.8 Å². The van der Waals surface area contributed by atoms with Gasteiger partial charge in [-0.15, -0.1) is 0 Å². The Hall–Kier alpha value is -2.75. The zero-order valence-electron chi connectivity index (χ0n) is 15.4. The predicted molar refractivity (Wildman–Crippen MR) is 96.8 cm³/mol. The number of aliphatic hydroxyl groups excluding tert-OH is 1. The Balaban J connectivity index is 1.44. The van der Waals surface area contributed by atoms with Crippen LogP contribution in [0.4, 0.5) is 19.0 Å². The van der Waals surface area contributed by atoms with Gasteiger partial charge in [-0.25, -0.2) is 4.98 Å². The van der Waals surface area contributed by atoms with E-state index in [1.54, 1.807) is 23.5 Å². The van der Waals surface area contributed by atoms with Gasteiger partial charge >= 0.3 is 6.18 Å². The minimum atomic E-state index is -4.60. The maximum atomic E-state index is 12.9. The number of pyridine rings is 1. The van der Waals surface area contributed by atoms with Crippen LogP contribution in [0.1, 0.15) is 28.9 Å². The summed E-state index contributed by atoms with van der Waals surface area (Å²) >= 11 is 0. The number of hydrogen-bond donors (Lipinski definition) is 2. The molecule has 1 saturated carbocycles. The summed E-state index contributed by atoms with van der Waals surface area (Å²) in [5.74, 6) is 0.385. The zero-order chi connectivity index (χ0) is 20.6. The van der Waals surface area contributed by atoms with Crippen molar-refractivity contribution in [3.8, 4) is 0 Å². The summed E-state index contributed by atoms with van der Waals surface area (Å²) in [5.41, 5.74) is -1.11. The number of likely N-dealkylation sites (tertiary alicyclic amines) is 1. The minimum absolute atomic E-state index is 0.0271. The third-order valence-corrected chi connectivity index (χ3v) is 5.62. The SMILES string of the molecule is O=C(c1ccnc(C(F)(F)F)c1)N1C[C@H]2C[C@@H](Nc3cnccn3)[C@H](O)C[C@H]2C1. The highest BCUT2D eigenvalue weighted by Gasteiger charge is 2.43. The lowest BCUT2D eigenvalue weighted by molar-refractivity contribution is -0.141. The molecule has 1 saturated heterocycles. The number of rotatable bonds is 3. The first-order chi connectivity index (χ1) is 13.8. The average molecular weight is 407 g/mol. The predicted octanol–water partition coefficient (Wildman–Crippen LogP) is 2.21. The van der Waals surface area contributed by atoms with Crippen LogP contribution in [0.3, 0.4) is 0 Å². The first kappa shape index (κ1) is 19.6. The largest absolute Gasteiger partial charge is 0.433 e. The van der Waals surface area contributed by atoms with Gasteiger partial charge in [-0.05, 0) is 36.8 Å². The molecule has 2 aliphatic rings. The van der Waals surface area contributed by atoms with E-state index in [0.717, 1.165) is 12.3 Å². The van der Waals surface area contributed by atoms with Gasteiger partial charge in [-0.1, -0.05) is 0 Å². The van der Waals surface area contributed by atoms with E-state index in [-0.39, 0.29) is 23.4 Å². The van der Waals surface area contributed by atoms with Gasteiger partial charge in [-0.2, -0.15) is 13.2 Å². The van der Waals surface area contributed by atoms with Gasteiger partial charge in [0.05, 0.1) is 18.3 Å². The molecular weight excluding hydrogens is 387 g/mol. The zero-order valence-corrected chi connectivity index (χ0v) is 15.4. The van der Waals surface area contributed by atoms with E-state index in [2.05, 4.69) is 20.3 Å². The molecule has 4 atom stereocenters. The van der Waals surface area contributed by atoms with Crippen molar-refractivity contribution in [2.75, 3.05) is 18.4 Å². The lowest BCUT2D eigenvalue weighted by Crippen LogP contribution is -2.43. The highest BCUT2D eigenvalue weighted by Crippen LogP contribution is 2.38. The van der Waals surface area contributed by atoms with Crippen LogP contribution in [0.2, 0.25) is 0 Å². The fraction of sp³-hybridized carbons (Fsp3) is 0.474. The molecule has 0 radical (unpaired) electrons. The van der Waals surface area contributed by atoms with E-state index in [1.807, 2.05) is 0 Å². The van der Waals surface area contributed by atoms with Crippen LogP contribution >= 0.6 is 0 Å². The number of halogens is 3. The van der Waals surface area contributed by atoms with Crippen molar-refractivity contribution in [3.63, 3.8) is 0 Å². The van der Waals surface area contributed by atoms with Gasteiger partial charge in [0, 0.05) is 37.2 Å².